The van der Waals surface area contributed by atoms with Crippen molar-refractivity contribution in [3.63, 3.8) is 0 Å². The minimum Gasteiger partial charge on any atom is -0.352 e. The second-order valence-corrected chi connectivity index (χ2v) is 6.85. The number of imide groups is 1. The molecule has 24 heavy (non-hydrogen) atoms. The average molecular weight is 349 g/mol. The molecule has 3 rings (SSSR count). The first-order chi connectivity index (χ1) is 11.6. The molecular weight excluding hydrogens is 328 g/mol. The van der Waals surface area contributed by atoms with Gasteiger partial charge in [-0.05, 0) is 24.5 Å². The van der Waals surface area contributed by atoms with E-state index in [0.29, 0.717) is 11.6 Å². The minimum atomic E-state index is -0.189. The third kappa shape index (κ3) is 3.46. The Morgan fingerprint density at radius 1 is 1.12 bits per heavy atom. The van der Waals surface area contributed by atoms with Crippen molar-refractivity contribution >= 4 is 29.3 Å². The van der Waals surface area contributed by atoms with Gasteiger partial charge in [-0.2, -0.15) is 0 Å². The number of nitrogens with one attached hydrogen (secondary N) is 1. The highest BCUT2D eigenvalue weighted by Crippen LogP contribution is 2.37. The summed E-state index contributed by atoms with van der Waals surface area (Å²) >= 11 is 6.05. The first-order valence-corrected chi connectivity index (χ1v) is 8.81. The van der Waals surface area contributed by atoms with Crippen molar-refractivity contribution in [2.24, 2.45) is 11.8 Å². The highest BCUT2D eigenvalue weighted by atomic mass is 35.5. The van der Waals surface area contributed by atoms with Crippen LogP contribution in [0, 0.1) is 11.8 Å². The number of likely N-dealkylation sites (tertiary alicyclic amines) is 1. The summed E-state index contributed by atoms with van der Waals surface area (Å²) in [5.74, 6) is -0.688. The quantitative estimate of drug-likeness (QED) is 0.831. The number of hydrogen-bond donors (Lipinski definition) is 1. The highest BCUT2D eigenvalue weighted by molar-refractivity contribution is 6.31. The van der Waals surface area contributed by atoms with Crippen LogP contribution in [0.3, 0.4) is 0 Å². The van der Waals surface area contributed by atoms with Crippen LogP contribution < -0.4 is 5.32 Å². The molecule has 2 fully saturated rings. The molecule has 0 radical (unpaired) electrons. The molecule has 6 heteroatoms. The molecule has 128 valence electrons. The minimum absolute atomic E-state index is 0.0939. The third-order valence-corrected chi connectivity index (χ3v) is 5.30. The predicted molar refractivity (Wildman–Crippen MR) is 90.1 cm³/mol. The lowest BCUT2D eigenvalue weighted by Gasteiger charge is -2.19. The monoisotopic (exact) mass is 348 g/mol. The van der Waals surface area contributed by atoms with Gasteiger partial charge in [0.2, 0.25) is 17.7 Å². The smallest absolute Gasteiger partial charge is 0.233 e. The lowest BCUT2D eigenvalue weighted by Crippen LogP contribution is -2.35. The van der Waals surface area contributed by atoms with Gasteiger partial charge in [-0.15, -0.1) is 0 Å². The standard InChI is InChI=1S/C18H21ClN2O3/c19-15-8-4-1-5-12(15)11-20-16(22)9-10-21-17(23)13-6-2-3-7-14(13)18(21)24/h1,4-5,8,13-14H,2-3,6-7,9-11H2,(H,20,22)/t13-,14-/m1/s1. The molecule has 1 aromatic carbocycles. The topological polar surface area (TPSA) is 66.5 Å². The molecule has 1 N–H and O–H groups in total. The largest absolute Gasteiger partial charge is 0.352 e. The SMILES string of the molecule is O=C(CCN1C(=O)[C@@H]2CCCC[C@H]2C1=O)NCc1ccccc1Cl. The molecule has 2 atom stereocenters. The zero-order valence-electron chi connectivity index (χ0n) is 13.5. The van der Waals surface area contributed by atoms with Crippen LogP contribution in [0.15, 0.2) is 24.3 Å². The Bertz CT molecular complexity index is 637. The molecule has 1 aliphatic carbocycles. The van der Waals surface area contributed by atoms with E-state index in [0.717, 1.165) is 31.2 Å². The lowest BCUT2D eigenvalue weighted by atomic mass is 9.81. The van der Waals surface area contributed by atoms with Gasteiger partial charge in [-0.3, -0.25) is 19.3 Å². The van der Waals surface area contributed by atoms with Crippen LogP contribution in [0.5, 0.6) is 0 Å². The molecule has 0 unspecified atom stereocenters. The van der Waals surface area contributed by atoms with Gasteiger partial charge >= 0.3 is 0 Å². The van der Waals surface area contributed by atoms with Crippen LogP contribution in [-0.4, -0.2) is 29.2 Å². The average Bonchev–Trinajstić information content (AvgIpc) is 2.84. The summed E-state index contributed by atoms with van der Waals surface area (Å²) in [5, 5.41) is 3.39. The van der Waals surface area contributed by atoms with Crippen molar-refractivity contribution in [2.75, 3.05) is 6.54 Å². The predicted octanol–water partition coefficient (Wildman–Crippen LogP) is 2.52. The van der Waals surface area contributed by atoms with E-state index in [1.54, 1.807) is 6.07 Å². The first kappa shape index (κ1) is 17.0. The molecule has 0 aromatic heterocycles. The van der Waals surface area contributed by atoms with Crippen LogP contribution in [0.25, 0.3) is 0 Å². The van der Waals surface area contributed by atoms with Gasteiger partial charge in [-0.1, -0.05) is 42.6 Å². The number of halogens is 1. The van der Waals surface area contributed by atoms with E-state index in [1.807, 2.05) is 18.2 Å². The van der Waals surface area contributed by atoms with Gasteiger partial charge in [0.05, 0.1) is 11.8 Å². The van der Waals surface area contributed by atoms with E-state index in [2.05, 4.69) is 5.32 Å². The van der Waals surface area contributed by atoms with E-state index in [4.69, 9.17) is 11.6 Å². The third-order valence-electron chi connectivity index (χ3n) is 4.93. The maximum Gasteiger partial charge on any atom is 0.233 e. The summed E-state index contributed by atoms with van der Waals surface area (Å²) in [6, 6.07) is 7.31. The van der Waals surface area contributed by atoms with Crippen LogP contribution in [0.2, 0.25) is 5.02 Å². The van der Waals surface area contributed by atoms with E-state index in [-0.39, 0.29) is 42.5 Å². The van der Waals surface area contributed by atoms with E-state index >= 15 is 0 Å². The second kappa shape index (κ2) is 7.34. The zero-order chi connectivity index (χ0) is 17.1. The molecule has 3 amide bonds. The van der Waals surface area contributed by atoms with E-state index in [1.165, 1.54) is 4.90 Å². The van der Waals surface area contributed by atoms with Crippen molar-refractivity contribution in [1.82, 2.24) is 10.2 Å². The van der Waals surface area contributed by atoms with Crippen LogP contribution in [0.1, 0.15) is 37.7 Å². The van der Waals surface area contributed by atoms with Gasteiger partial charge in [0.1, 0.15) is 0 Å². The highest BCUT2D eigenvalue weighted by Gasteiger charge is 2.47. The van der Waals surface area contributed by atoms with Crippen LogP contribution >= 0.6 is 11.6 Å². The molecule has 0 spiro atoms. The molecule has 1 saturated heterocycles. The fourth-order valence-electron chi connectivity index (χ4n) is 3.59. The summed E-state index contributed by atoms with van der Waals surface area (Å²) in [6.07, 6.45) is 3.73. The molecular formula is C18H21ClN2O3. The summed E-state index contributed by atoms with van der Waals surface area (Å²) in [4.78, 5) is 38.0. The summed E-state index contributed by atoms with van der Waals surface area (Å²) in [5.41, 5.74) is 0.840. The molecule has 1 aromatic rings. The van der Waals surface area contributed by atoms with Crippen molar-refractivity contribution in [2.45, 2.75) is 38.6 Å². The Balaban J connectivity index is 1.50. The Hall–Kier alpha value is -1.88. The van der Waals surface area contributed by atoms with Gasteiger partial charge in [-0.25, -0.2) is 0 Å². The summed E-state index contributed by atoms with van der Waals surface area (Å²) in [7, 11) is 0. The number of amides is 3. The molecule has 1 saturated carbocycles. The van der Waals surface area contributed by atoms with Crippen molar-refractivity contribution < 1.29 is 14.4 Å². The van der Waals surface area contributed by atoms with Crippen LogP contribution in [0.4, 0.5) is 0 Å². The van der Waals surface area contributed by atoms with E-state index in [9.17, 15) is 14.4 Å². The zero-order valence-corrected chi connectivity index (χ0v) is 14.2. The number of nitrogens with zero attached hydrogens (tertiary/aromatic N) is 1. The fourth-order valence-corrected chi connectivity index (χ4v) is 3.79. The number of hydrogen-bond acceptors (Lipinski definition) is 3. The number of carbonyl (C=O) groups excluding carboxylic acids is 3. The van der Waals surface area contributed by atoms with Crippen molar-refractivity contribution in [1.29, 1.82) is 0 Å². The number of carbonyl (C=O) groups is 3. The lowest BCUT2D eigenvalue weighted by molar-refractivity contribution is -0.140. The van der Waals surface area contributed by atoms with Crippen LogP contribution in [-0.2, 0) is 20.9 Å². The van der Waals surface area contributed by atoms with Gasteiger partial charge in [0.25, 0.3) is 0 Å². The van der Waals surface area contributed by atoms with Gasteiger partial charge in [0.15, 0.2) is 0 Å². The Labute approximate surface area is 146 Å². The molecule has 0 bridgehead atoms. The summed E-state index contributed by atoms with van der Waals surface area (Å²) in [6.45, 7) is 0.505. The normalized spacial score (nSPS) is 23.3. The number of benzene rings is 1. The Morgan fingerprint density at radius 2 is 1.75 bits per heavy atom. The van der Waals surface area contributed by atoms with Crippen molar-refractivity contribution in [3.05, 3.63) is 34.9 Å². The number of fused-ring (bicyclic) bond motifs is 1. The first-order valence-electron chi connectivity index (χ1n) is 8.43. The maximum atomic E-state index is 12.3. The van der Waals surface area contributed by atoms with Gasteiger partial charge in [0, 0.05) is 24.5 Å². The molecule has 5 nitrogen and oxygen atoms in total. The maximum absolute atomic E-state index is 12.3. The molecule has 2 aliphatic rings. The Morgan fingerprint density at radius 3 is 2.38 bits per heavy atom. The van der Waals surface area contributed by atoms with Gasteiger partial charge < -0.3 is 5.32 Å². The van der Waals surface area contributed by atoms with E-state index < -0.39 is 0 Å². The molecule has 1 heterocycles. The second-order valence-electron chi connectivity index (χ2n) is 6.44. The number of rotatable bonds is 5. The fraction of sp³-hybridized carbons (Fsp3) is 0.500. The summed E-state index contributed by atoms with van der Waals surface area (Å²) < 4.78 is 0. The molecule has 1 aliphatic heterocycles. The van der Waals surface area contributed by atoms with Crippen molar-refractivity contribution in [3.8, 4) is 0 Å². The Kier molecular flexibility index (Phi) is 5.19.